The Morgan fingerprint density at radius 2 is 0.913 bits per heavy atom. The van der Waals surface area contributed by atoms with Gasteiger partial charge in [-0.15, -0.1) is 0 Å². The van der Waals surface area contributed by atoms with E-state index in [0.717, 1.165) is 51.4 Å². The summed E-state index contributed by atoms with van der Waals surface area (Å²) >= 11 is 0. The molecule has 1 rings (SSSR count). The van der Waals surface area contributed by atoms with Gasteiger partial charge in [-0.25, -0.2) is 0 Å². The van der Waals surface area contributed by atoms with Crippen LogP contribution in [0.15, 0.2) is 0 Å². The molecule has 0 aliphatic heterocycles. The quantitative estimate of drug-likeness (QED) is 0.0769. The summed E-state index contributed by atoms with van der Waals surface area (Å²) in [7, 11) is 0. The lowest BCUT2D eigenvalue weighted by molar-refractivity contribution is -0.150. The van der Waals surface area contributed by atoms with Crippen molar-refractivity contribution in [2.75, 3.05) is 6.61 Å². The van der Waals surface area contributed by atoms with Crippen LogP contribution in [0.4, 0.5) is 0 Å². The molecule has 270 valence electrons. The van der Waals surface area contributed by atoms with Gasteiger partial charge in [-0.2, -0.15) is 0 Å². The first kappa shape index (κ1) is 42.6. The molecule has 0 aromatic rings. The molecule has 0 N–H and O–H groups in total. The minimum Gasteiger partial charge on any atom is -0.465 e. The molecular formula is C41H76O5. The molecule has 5 heteroatoms. The van der Waals surface area contributed by atoms with Crippen molar-refractivity contribution in [2.45, 2.75) is 232 Å². The summed E-state index contributed by atoms with van der Waals surface area (Å²) in [6.45, 7) is 5.04. The predicted octanol–water partition coefficient (Wildman–Crippen LogP) is 12.6. The molecule has 1 fully saturated rings. The van der Waals surface area contributed by atoms with Gasteiger partial charge >= 0.3 is 11.9 Å². The molecule has 0 heterocycles. The highest BCUT2D eigenvalue weighted by Gasteiger charge is 2.15. The normalized spacial score (nSPS) is 16.7. The monoisotopic (exact) mass is 649 g/mol. The van der Waals surface area contributed by atoms with Gasteiger partial charge in [0, 0.05) is 25.7 Å². The Morgan fingerprint density at radius 3 is 1.46 bits per heavy atom. The lowest BCUT2D eigenvalue weighted by atomic mass is 9.95. The summed E-state index contributed by atoms with van der Waals surface area (Å²) in [6.07, 6.45) is 36.2. The summed E-state index contributed by atoms with van der Waals surface area (Å²) in [5.74, 6) is 0.517. The van der Waals surface area contributed by atoms with Gasteiger partial charge in [0.1, 0.15) is 11.9 Å². The van der Waals surface area contributed by atoms with Crippen LogP contribution < -0.4 is 0 Å². The van der Waals surface area contributed by atoms with Crippen molar-refractivity contribution in [3.8, 4) is 0 Å². The Hall–Kier alpha value is -1.39. The Kier molecular flexibility index (Phi) is 29.8. The van der Waals surface area contributed by atoms with Crippen molar-refractivity contribution in [1.29, 1.82) is 0 Å². The molecule has 0 radical (unpaired) electrons. The van der Waals surface area contributed by atoms with Crippen molar-refractivity contribution in [2.24, 2.45) is 5.92 Å². The highest BCUT2D eigenvalue weighted by Crippen LogP contribution is 2.21. The second kappa shape index (κ2) is 32.2. The Bertz CT molecular complexity index is 704. The minimum atomic E-state index is -0.114. The van der Waals surface area contributed by atoms with E-state index in [2.05, 4.69) is 13.8 Å². The maximum absolute atomic E-state index is 12.6. The third kappa shape index (κ3) is 27.7. The van der Waals surface area contributed by atoms with Gasteiger partial charge in [0.05, 0.1) is 6.61 Å². The molecule has 0 aromatic carbocycles. The lowest BCUT2D eigenvalue weighted by Crippen LogP contribution is -2.18. The summed E-state index contributed by atoms with van der Waals surface area (Å²) in [4.78, 5) is 37.3. The fourth-order valence-electron chi connectivity index (χ4n) is 6.82. The molecule has 46 heavy (non-hydrogen) atoms. The zero-order valence-corrected chi connectivity index (χ0v) is 30.7. The summed E-state index contributed by atoms with van der Waals surface area (Å²) in [5.41, 5.74) is 0. The van der Waals surface area contributed by atoms with Crippen LogP contribution in [0.1, 0.15) is 226 Å². The molecule has 1 atom stereocenters. The smallest absolute Gasteiger partial charge is 0.306 e. The van der Waals surface area contributed by atoms with Crippen LogP contribution in [0.5, 0.6) is 0 Å². The molecule has 1 aliphatic rings. The Balaban J connectivity index is 2.16. The molecule has 0 saturated heterocycles. The predicted molar refractivity (Wildman–Crippen MR) is 193 cm³/mol. The number of esters is 2. The highest BCUT2D eigenvalue weighted by atomic mass is 16.5. The van der Waals surface area contributed by atoms with Crippen LogP contribution >= 0.6 is 0 Å². The van der Waals surface area contributed by atoms with E-state index in [0.29, 0.717) is 51.0 Å². The second-order valence-corrected chi connectivity index (χ2v) is 14.5. The van der Waals surface area contributed by atoms with E-state index in [1.54, 1.807) is 0 Å². The maximum atomic E-state index is 12.6. The van der Waals surface area contributed by atoms with E-state index >= 15 is 0 Å². The summed E-state index contributed by atoms with van der Waals surface area (Å²) < 4.78 is 11.6. The van der Waals surface area contributed by atoms with Gasteiger partial charge in [-0.3, -0.25) is 14.4 Å². The topological polar surface area (TPSA) is 69.7 Å². The number of carbonyl (C=O) groups excluding carboxylic acids is 3. The summed E-state index contributed by atoms with van der Waals surface area (Å²) in [5, 5.41) is 0. The first-order valence-corrected chi connectivity index (χ1v) is 20.4. The average Bonchev–Trinajstić information content (AvgIpc) is 3.06. The third-order valence-electron chi connectivity index (χ3n) is 9.94. The van der Waals surface area contributed by atoms with Crippen molar-refractivity contribution in [1.82, 2.24) is 0 Å². The molecular weight excluding hydrogens is 572 g/mol. The number of hydrogen-bond donors (Lipinski definition) is 0. The van der Waals surface area contributed by atoms with Gasteiger partial charge in [0.2, 0.25) is 0 Å². The van der Waals surface area contributed by atoms with Crippen LogP contribution in [0.3, 0.4) is 0 Å². The molecule has 0 aromatic heterocycles. The van der Waals surface area contributed by atoms with Crippen molar-refractivity contribution < 1.29 is 23.9 Å². The van der Waals surface area contributed by atoms with E-state index in [1.165, 1.54) is 122 Å². The number of ketones is 1. The Labute approximate surface area is 285 Å². The first-order valence-electron chi connectivity index (χ1n) is 20.4. The molecule has 1 saturated carbocycles. The molecule has 0 amide bonds. The number of ether oxygens (including phenoxy) is 2. The molecule has 5 nitrogen and oxygen atoms in total. The van der Waals surface area contributed by atoms with Crippen molar-refractivity contribution in [3.63, 3.8) is 0 Å². The fourth-order valence-corrected chi connectivity index (χ4v) is 6.82. The fraction of sp³-hybridized carbons (Fsp3) is 0.927. The SMILES string of the molecule is CCCCCCCCC(CCCCC)COC(=O)CCCCC(=O)CCCCC(=O)OC1CCCCCCCCCCCCCC1. The van der Waals surface area contributed by atoms with Gasteiger partial charge in [0.15, 0.2) is 0 Å². The summed E-state index contributed by atoms with van der Waals surface area (Å²) in [6, 6.07) is 0. The van der Waals surface area contributed by atoms with E-state index in [9.17, 15) is 14.4 Å². The molecule has 1 aliphatic carbocycles. The van der Waals surface area contributed by atoms with Crippen molar-refractivity contribution in [3.05, 3.63) is 0 Å². The maximum Gasteiger partial charge on any atom is 0.306 e. The number of unbranched alkanes of at least 4 members (excludes halogenated alkanes) is 9. The number of hydrogen-bond acceptors (Lipinski definition) is 5. The standard InChI is InChI=1S/C41H76O5/c1-3-5-7-8-17-21-29-37(28-20-6-4-2)36-45-40(43)34-26-24-30-38(42)31-25-27-35-41(44)46-39-32-22-18-15-13-11-9-10-12-14-16-19-23-33-39/h37,39H,3-36H2,1-2H3. The molecule has 0 spiro atoms. The number of rotatable bonds is 24. The molecule has 1 unspecified atom stereocenters. The largest absolute Gasteiger partial charge is 0.465 e. The zero-order chi connectivity index (χ0) is 33.3. The van der Waals surface area contributed by atoms with Gasteiger partial charge < -0.3 is 9.47 Å². The van der Waals surface area contributed by atoms with Gasteiger partial charge in [0.25, 0.3) is 0 Å². The van der Waals surface area contributed by atoms with Crippen LogP contribution in [0.25, 0.3) is 0 Å². The third-order valence-corrected chi connectivity index (χ3v) is 9.94. The van der Waals surface area contributed by atoms with Crippen molar-refractivity contribution >= 4 is 17.7 Å². The Morgan fingerprint density at radius 1 is 0.500 bits per heavy atom. The van der Waals surface area contributed by atoms with E-state index in [1.807, 2.05) is 0 Å². The van der Waals surface area contributed by atoms with E-state index in [4.69, 9.17) is 9.47 Å². The number of Topliss-reactive ketones (excluding diaryl/α,β-unsaturated/α-hetero) is 1. The first-order chi connectivity index (χ1) is 22.5. The minimum absolute atomic E-state index is 0.0678. The second-order valence-electron chi connectivity index (χ2n) is 14.5. The lowest BCUT2D eigenvalue weighted by Gasteiger charge is -2.18. The van der Waals surface area contributed by atoms with E-state index in [-0.39, 0.29) is 23.8 Å². The highest BCUT2D eigenvalue weighted by molar-refractivity contribution is 5.78. The number of carbonyl (C=O) groups is 3. The van der Waals surface area contributed by atoms with Gasteiger partial charge in [-0.1, -0.05) is 136 Å². The van der Waals surface area contributed by atoms with Crippen LogP contribution in [0.2, 0.25) is 0 Å². The molecule has 0 bridgehead atoms. The van der Waals surface area contributed by atoms with Crippen LogP contribution in [0, 0.1) is 5.92 Å². The average molecular weight is 649 g/mol. The van der Waals surface area contributed by atoms with Crippen LogP contribution in [-0.2, 0) is 23.9 Å². The van der Waals surface area contributed by atoms with Gasteiger partial charge in [-0.05, 0) is 70.1 Å². The van der Waals surface area contributed by atoms with E-state index < -0.39 is 0 Å². The van der Waals surface area contributed by atoms with Crippen LogP contribution in [-0.4, -0.2) is 30.4 Å². The zero-order valence-electron chi connectivity index (χ0n) is 30.7.